The summed E-state index contributed by atoms with van der Waals surface area (Å²) < 4.78 is 6.86. The average molecular weight is 352 g/mol. The fraction of sp³-hybridized carbons (Fsp3) is 0.300. The van der Waals surface area contributed by atoms with Crippen LogP contribution in [0.4, 0.5) is 5.13 Å². The van der Waals surface area contributed by atoms with Gasteiger partial charge in [-0.3, -0.25) is 9.69 Å². The van der Waals surface area contributed by atoms with Crippen LogP contribution < -0.4 is 4.90 Å². The van der Waals surface area contributed by atoms with E-state index in [-0.39, 0.29) is 12.0 Å². The number of carbonyl (C=O) groups is 1. The highest BCUT2D eigenvalue weighted by molar-refractivity contribution is 7.22. The Morgan fingerprint density at radius 2 is 2.04 bits per heavy atom. The molecule has 0 bridgehead atoms. The van der Waals surface area contributed by atoms with Crippen LogP contribution in [-0.2, 0) is 4.74 Å². The predicted molar refractivity (Wildman–Crippen MR) is 101 cm³/mol. The molecule has 5 heteroatoms. The van der Waals surface area contributed by atoms with Gasteiger partial charge >= 0.3 is 0 Å². The predicted octanol–water partition coefficient (Wildman–Crippen LogP) is 4.43. The Morgan fingerprint density at radius 1 is 1.24 bits per heavy atom. The number of para-hydroxylation sites is 1. The molecular formula is C20H20N2O2S. The van der Waals surface area contributed by atoms with Gasteiger partial charge in [0.2, 0.25) is 0 Å². The molecule has 1 amide bonds. The van der Waals surface area contributed by atoms with Crippen LogP contribution in [-0.4, -0.2) is 30.1 Å². The van der Waals surface area contributed by atoms with Gasteiger partial charge in [0.05, 0.1) is 22.9 Å². The number of hydrogen-bond acceptors (Lipinski definition) is 4. The van der Waals surface area contributed by atoms with E-state index in [9.17, 15) is 4.79 Å². The fourth-order valence-electron chi connectivity index (χ4n) is 3.07. The van der Waals surface area contributed by atoms with Gasteiger partial charge in [-0.15, -0.1) is 0 Å². The quantitative estimate of drug-likeness (QED) is 0.697. The number of aryl methyl sites for hydroxylation is 1. The number of carbonyl (C=O) groups excluding carboxylic acids is 1. The lowest BCUT2D eigenvalue weighted by atomic mass is 10.1. The zero-order valence-electron chi connectivity index (χ0n) is 14.1. The van der Waals surface area contributed by atoms with Crippen LogP contribution in [0.2, 0.25) is 0 Å². The lowest BCUT2D eigenvalue weighted by molar-refractivity contribution is 0.0917. The minimum Gasteiger partial charge on any atom is -0.376 e. The van der Waals surface area contributed by atoms with Gasteiger partial charge in [-0.1, -0.05) is 41.2 Å². The first-order valence-corrected chi connectivity index (χ1v) is 9.38. The van der Waals surface area contributed by atoms with Crippen LogP contribution in [0.5, 0.6) is 0 Å². The molecule has 0 unspecified atom stereocenters. The molecular weight excluding hydrogens is 332 g/mol. The summed E-state index contributed by atoms with van der Waals surface area (Å²) in [5.41, 5.74) is 2.75. The fourth-order valence-corrected chi connectivity index (χ4v) is 4.04. The van der Waals surface area contributed by atoms with Gasteiger partial charge < -0.3 is 4.74 Å². The number of thiazole rings is 1. The molecule has 4 rings (SSSR count). The number of hydrogen-bond donors (Lipinski definition) is 0. The lowest BCUT2D eigenvalue weighted by Crippen LogP contribution is -2.37. The first-order valence-electron chi connectivity index (χ1n) is 8.56. The smallest absolute Gasteiger partial charge is 0.260 e. The van der Waals surface area contributed by atoms with Crippen molar-refractivity contribution in [1.29, 1.82) is 0 Å². The molecule has 1 saturated heterocycles. The number of anilines is 1. The molecule has 0 spiro atoms. The number of ether oxygens (including phenoxy) is 1. The zero-order valence-corrected chi connectivity index (χ0v) is 15.0. The topological polar surface area (TPSA) is 42.4 Å². The first-order chi connectivity index (χ1) is 12.2. The maximum absolute atomic E-state index is 13.2. The highest BCUT2D eigenvalue weighted by Gasteiger charge is 2.26. The Kier molecular flexibility index (Phi) is 4.51. The summed E-state index contributed by atoms with van der Waals surface area (Å²) in [6.45, 7) is 3.34. The largest absolute Gasteiger partial charge is 0.376 e. The van der Waals surface area contributed by atoms with Crippen molar-refractivity contribution in [2.24, 2.45) is 0 Å². The Labute approximate surface area is 151 Å². The first kappa shape index (κ1) is 16.2. The summed E-state index contributed by atoms with van der Waals surface area (Å²) in [4.78, 5) is 19.6. The highest BCUT2D eigenvalue weighted by atomic mass is 32.1. The second kappa shape index (κ2) is 6.94. The lowest BCUT2D eigenvalue weighted by Gasteiger charge is -2.23. The number of benzene rings is 2. The van der Waals surface area contributed by atoms with Crippen molar-refractivity contribution in [2.45, 2.75) is 25.9 Å². The van der Waals surface area contributed by atoms with Gasteiger partial charge in [0, 0.05) is 12.2 Å². The molecule has 25 heavy (non-hydrogen) atoms. The summed E-state index contributed by atoms with van der Waals surface area (Å²) in [7, 11) is 0. The molecule has 128 valence electrons. The Bertz CT molecular complexity index is 849. The SMILES string of the molecule is Cc1ccc(C(=O)N(C[C@H]2CCCO2)c2nc3ccccc3s2)cc1. The summed E-state index contributed by atoms with van der Waals surface area (Å²) >= 11 is 1.55. The van der Waals surface area contributed by atoms with Gasteiger partial charge in [-0.2, -0.15) is 0 Å². The molecule has 3 aromatic rings. The van der Waals surface area contributed by atoms with Crippen molar-refractivity contribution in [3.63, 3.8) is 0 Å². The number of nitrogens with zero attached hydrogens (tertiary/aromatic N) is 2. The van der Waals surface area contributed by atoms with Gasteiger partial charge in [0.25, 0.3) is 5.91 Å². The molecule has 0 radical (unpaired) electrons. The maximum Gasteiger partial charge on any atom is 0.260 e. The highest BCUT2D eigenvalue weighted by Crippen LogP contribution is 2.30. The minimum atomic E-state index is -0.0189. The Hall–Kier alpha value is -2.24. The van der Waals surface area contributed by atoms with E-state index in [1.54, 1.807) is 16.2 Å². The van der Waals surface area contributed by atoms with Crippen LogP contribution in [0.25, 0.3) is 10.2 Å². The third-order valence-electron chi connectivity index (χ3n) is 4.47. The summed E-state index contributed by atoms with van der Waals surface area (Å²) in [5, 5.41) is 0.738. The van der Waals surface area contributed by atoms with Gasteiger partial charge in [-0.05, 0) is 44.0 Å². The van der Waals surface area contributed by atoms with Gasteiger partial charge in [0.15, 0.2) is 5.13 Å². The third-order valence-corrected chi connectivity index (χ3v) is 5.53. The maximum atomic E-state index is 13.2. The van der Waals surface area contributed by atoms with E-state index in [2.05, 4.69) is 4.98 Å². The van der Waals surface area contributed by atoms with E-state index in [0.29, 0.717) is 12.1 Å². The monoisotopic (exact) mass is 352 g/mol. The molecule has 2 aromatic carbocycles. The van der Waals surface area contributed by atoms with Gasteiger partial charge in [-0.25, -0.2) is 4.98 Å². The molecule has 1 aromatic heterocycles. The zero-order chi connectivity index (χ0) is 17.2. The minimum absolute atomic E-state index is 0.0189. The second-order valence-electron chi connectivity index (χ2n) is 6.38. The number of aromatic nitrogens is 1. The molecule has 4 nitrogen and oxygen atoms in total. The Balaban J connectivity index is 1.69. The van der Waals surface area contributed by atoms with Crippen molar-refractivity contribution in [2.75, 3.05) is 18.1 Å². The molecule has 1 fully saturated rings. The van der Waals surface area contributed by atoms with E-state index < -0.39 is 0 Å². The number of fused-ring (bicyclic) bond motifs is 1. The van der Waals surface area contributed by atoms with E-state index in [4.69, 9.17) is 4.74 Å². The van der Waals surface area contributed by atoms with Crippen molar-refractivity contribution < 1.29 is 9.53 Å². The van der Waals surface area contributed by atoms with Crippen LogP contribution in [0.3, 0.4) is 0 Å². The second-order valence-corrected chi connectivity index (χ2v) is 7.39. The molecule has 2 heterocycles. The number of rotatable bonds is 4. The molecule has 0 N–H and O–H groups in total. The van der Waals surface area contributed by atoms with E-state index in [0.717, 1.165) is 40.4 Å². The van der Waals surface area contributed by atoms with E-state index in [1.165, 1.54) is 0 Å². The van der Waals surface area contributed by atoms with Crippen molar-refractivity contribution >= 4 is 32.6 Å². The van der Waals surface area contributed by atoms with E-state index in [1.807, 2.05) is 55.5 Å². The molecule has 0 aliphatic carbocycles. The van der Waals surface area contributed by atoms with Gasteiger partial charge in [0.1, 0.15) is 0 Å². The average Bonchev–Trinajstić information content (AvgIpc) is 3.29. The Morgan fingerprint density at radius 3 is 2.76 bits per heavy atom. The molecule has 1 aliphatic heterocycles. The van der Waals surface area contributed by atoms with Crippen molar-refractivity contribution in [3.05, 3.63) is 59.7 Å². The van der Waals surface area contributed by atoms with Crippen LogP contribution >= 0.6 is 11.3 Å². The standard InChI is InChI=1S/C20H20N2O2S/c1-14-8-10-15(11-9-14)19(23)22(13-16-5-4-12-24-16)20-21-17-6-2-3-7-18(17)25-20/h2-3,6-11,16H,4-5,12-13H2,1H3/t16-/m1/s1. The van der Waals surface area contributed by atoms with Crippen LogP contribution in [0.15, 0.2) is 48.5 Å². The van der Waals surface area contributed by atoms with Crippen molar-refractivity contribution in [3.8, 4) is 0 Å². The molecule has 0 saturated carbocycles. The normalized spacial score (nSPS) is 17.1. The van der Waals surface area contributed by atoms with Crippen LogP contribution in [0.1, 0.15) is 28.8 Å². The summed E-state index contributed by atoms with van der Waals surface area (Å²) in [6, 6.07) is 15.7. The van der Waals surface area contributed by atoms with Crippen molar-refractivity contribution in [1.82, 2.24) is 4.98 Å². The molecule has 1 atom stereocenters. The number of amides is 1. The summed E-state index contributed by atoms with van der Waals surface area (Å²) in [5.74, 6) is -0.0189. The summed E-state index contributed by atoms with van der Waals surface area (Å²) in [6.07, 6.45) is 2.13. The van der Waals surface area contributed by atoms with E-state index >= 15 is 0 Å². The third kappa shape index (κ3) is 3.43. The molecule has 1 aliphatic rings. The van der Waals surface area contributed by atoms with Crippen LogP contribution in [0, 0.1) is 6.92 Å².